The van der Waals surface area contributed by atoms with Crippen LogP contribution >= 0.6 is 0 Å². The fraction of sp³-hybridized carbons (Fsp3) is 0.160. The van der Waals surface area contributed by atoms with Crippen LogP contribution in [0.2, 0.25) is 0 Å². The van der Waals surface area contributed by atoms with Crippen LogP contribution in [-0.4, -0.2) is 28.9 Å². The zero-order valence-electron chi connectivity index (χ0n) is 17.9. The molecule has 4 rings (SSSR count). The smallest absolute Gasteiger partial charge is 0.253 e. The zero-order valence-corrected chi connectivity index (χ0v) is 17.9. The molecule has 0 aliphatic heterocycles. The molecule has 0 fully saturated rings. The van der Waals surface area contributed by atoms with E-state index < -0.39 is 0 Å². The highest BCUT2D eigenvalue weighted by molar-refractivity contribution is 6.07. The molecule has 162 valence electrons. The SMILES string of the molecule is COc1ccc(CC(=O)Nc2cnc3[nH]cc(C(=O)NCc4cccc(C)c4)c3c2)cc1. The van der Waals surface area contributed by atoms with Crippen LogP contribution in [0.5, 0.6) is 5.75 Å². The number of aryl methyl sites for hydroxylation is 1. The van der Waals surface area contributed by atoms with Crippen molar-refractivity contribution in [2.45, 2.75) is 19.9 Å². The Bertz CT molecular complexity index is 1260. The summed E-state index contributed by atoms with van der Waals surface area (Å²) < 4.78 is 5.14. The van der Waals surface area contributed by atoms with Crippen molar-refractivity contribution < 1.29 is 14.3 Å². The van der Waals surface area contributed by atoms with Crippen molar-refractivity contribution in [1.82, 2.24) is 15.3 Å². The molecule has 2 aromatic heterocycles. The maximum absolute atomic E-state index is 12.7. The second-order valence-corrected chi connectivity index (χ2v) is 7.57. The molecule has 2 aromatic carbocycles. The average Bonchev–Trinajstić information content (AvgIpc) is 3.21. The number of anilines is 1. The van der Waals surface area contributed by atoms with Crippen molar-refractivity contribution in [3.63, 3.8) is 0 Å². The van der Waals surface area contributed by atoms with Crippen molar-refractivity contribution in [2.24, 2.45) is 0 Å². The summed E-state index contributed by atoms with van der Waals surface area (Å²) in [6, 6.07) is 17.1. The van der Waals surface area contributed by atoms with Gasteiger partial charge in [0.2, 0.25) is 5.91 Å². The van der Waals surface area contributed by atoms with Gasteiger partial charge >= 0.3 is 0 Å². The zero-order chi connectivity index (χ0) is 22.5. The first kappa shape index (κ1) is 21.1. The molecule has 3 N–H and O–H groups in total. The van der Waals surface area contributed by atoms with Gasteiger partial charge in [0.25, 0.3) is 5.91 Å². The Morgan fingerprint density at radius 3 is 2.62 bits per heavy atom. The molecule has 7 nitrogen and oxygen atoms in total. The maximum atomic E-state index is 12.7. The van der Waals surface area contributed by atoms with Crippen LogP contribution in [0, 0.1) is 6.92 Å². The fourth-order valence-corrected chi connectivity index (χ4v) is 3.49. The lowest BCUT2D eigenvalue weighted by Crippen LogP contribution is -2.22. The Morgan fingerprint density at radius 1 is 1.06 bits per heavy atom. The Labute approximate surface area is 185 Å². The molecule has 0 radical (unpaired) electrons. The summed E-state index contributed by atoms with van der Waals surface area (Å²) in [5, 5.41) is 6.44. The summed E-state index contributed by atoms with van der Waals surface area (Å²) in [5.41, 5.74) is 4.63. The van der Waals surface area contributed by atoms with Crippen LogP contribution in [0.15, 0.2) is 67.0 Å². The number of methoxy groups -OCH3 is 1. The lowest BCUT2D eigenvalue weighted by Gasteiger charge is -2.07. The third-order valence-corrected chi connectivity index (χ3v) is 5.12. The second kappa shape index (κ2) is 9.34. The number of benzene rings is 2. The molecule has 0 bridgehead atoms. The highest BCUT2D eigenvalue weighted by Crippen LogP contribution is 2.21. The molecule has 32 heavy (non-hydrogen) atoms. The van der Waals surface area contributed by atoms with Crippen molar-refractivity contribution in [3.05, 3.63) is 89.2 Å². The molecule has 0 spiro atoms. The molecule has 0 saturated carbocycles. The summed E-state index contributed by atoms with van der Waals surface area (Å²) >= 11 is 0. The molecule has 0 atom stereocenters. The molecule has 0 aliphatic rings. The van der Waals surface area contributed by atoms with E-state index in [1.54, 1.807) is 25.6 Å². The van der Waals surface area contributed by atoms with E-state index in [4.69, 9.17) is 4.74 Å². The van der Waals surface area contributed by atoms with Crippen molar-refractivity contribution in [2.75, 3.05) is 12.4 Å². The van der Waals surface area contributed by atoms with E-state index in [2.05, 4.69) is 20.6 Å². The average molecular weight is 428 g/mol. The second-order valence-electron chi connectivity index (χ2n) is 7.57. The van der Waals surface area contributed by atoms with Gasteiger partial charge in [-0.25, -0.2) is 4.98 Å². The van der Waals surface area contributed by atoms with Gasteiger partial charge in [0.05, 0.1) is 31.0 Å². The molecule has 7 heteroatoms. The van der Waals surface area contributed by atoms with Crippen LogP contribution < -0.4 is 15.4 Å². The van der Waals surface area contributed by atoms with Crippen LogP contribution in [0.1, 0.15) is 27.0 Å². The van der Waals surface area contributed by atoms with E-state index >= 15 is 0 Å². The van der Waals surface area contributed by atoms with E-state index in [-0.39, 0.29) is 18.2 Å². The largest absolute Gasteiger partial charge is 0.497 e. The lowest BCUT2D eigenvalue weighted by atomic mass is 10.1. The number of nitrogens with one attached hydrogen (secondary N) is 3. The first-order valence-corrected chi connectivity index (χ1v) is 10.3. The highest BCUT2D eigenvalue weighted by Gasteiger charge is 2.14. The van der Waals surface area contributed by atoms with E-state index in [0.717, 1.165) is 22.4 Å². The van der Waals surface area contributed by atoms with Crippen molar-refractivity contribution >= 4 is 28.5 Å². The number of nitrogens with zero attached hydrogens (tertiary/aromatic N) is 1. The van der Waals surface area contributed by atoms with Gasteiger partial charge in [0, 0.05) is 18.1 Å². The third kappa shape index (κ3) is 4.95. The minimum atomic E-state index is -0.207. The van der Waals surface area contributed by atoms with E-state index in [1.807, 2.05) is 55.5 Å². The Morgan fingerprint density at radius 2 is 1.88 bits per heavy atom. The normalized spacial score (nSPS) is 10.7. The van der Waals surface area contributed by atoms with Gasteiger partial charge < -0.3 is 20.4 Å². The Kier molecular flexibility index (Phi) is 6.17. The summed E-state index contributed by atoms with van der Waals surface area (Å²) in [4.78, 5) is 32.5. The summed E-state index contributed by atoms with van der Waals surface area (Å²) in [7, 11) is 1.60. The number of hydrogen-bond donors (Lipinski definition) is 3. The molecule has 2 heterocycles. The van der Waals surface area contributed by atoms with Crippen LogP contribution in [-0.2, 0) is 17.8 Å². The van der Waals surface area contributed by atoms with Gasteiger partial charge in [-0.3, -0.25) is 9.59 Å². The van der Waals surface area contributed by atoms with E-state index in [9.17, 15) is 9.59 Å². The van der Waals surface area contributed by atoms with Gasteiger partial charge in [0.1, 0.15) is 11.4 Å². The number of pyridine rings is 1. The number of aromatic nitrogens is 2. The maximum Gasteiger partial charge on any atom is 0.253 e. The number of ether oxygens (including phenoxy) is 1. The predicted molar refractivity (Wildman–Crippen MR) is 124 cm³/mol. The first-order chi connectivity index (χ1) is 15.5. The minimum Gasteiger partial charge on any atom is -0.497 e. The van der Waals surface area contributed by atoms with E-state index in [0.29, 0.717) is 28.8 Å². The lowest BCUT2D eigenvalue weighted by molar-refractivity contribution is -0.115. The fourth-order valence-electron chi connectivity index (χ4n) is 3.49. The number of hydrogen-bond acceptors (Lipinski definition) is 4. The van der Waals surface area contributed by atoms with Gasteiger partial charge in [-0.1, -0.05) is 42.0 Å². The third-order valence-electron chi connectivity index (χ3n) is 5.12. The topological polar surface area (TPSA) is 96.1 Å². The van der Waals surface area contributed by atoms with Gasteiger partial charge in [0.15, 0.2) is 0 Å². The Hall–Kier alpha value is -4.13. The number of H-pyrrole nitrogens is 1. The monoisotopic (exact) mass is 428 g/mol. The molecular weight excluding hydrogens is 404 g/mol. The van der Waals surface area contributed by atoms with Crippen LogP contribution in [0.25, 0.3) is 11.0 Å². The standard InChI is InChI=1S/C25H24N4O3/c1-16-4-3-5-18(10-16)13-28-25(31)22-15-27-24-21(22)12-19(14-26-24)29-23(30)11-17-6-8-20(32-2)9-7-17/h3-10,12,14-15H,11,13H2,1-2H3,(H,26,27)(H,28,31)(H,29,30). The molecule has 0 aliphatic carbocycles. The summed E-state index contributed by atoms with van der Waals surface area (Å²) in [6.07, 6.45) is 3.42. The molecule has 0 unspecified atom stereocenters. The first-order valence-electron chi connectivity index (χ1n) is 10.3. The quantitative estimate of drug-likeness (QED) is 0.415. The number of aromatic amines is 1. The molecular formula is C25H24N4O3. The number of amides is 2. The number of fused-ring (bicyclic) bond motifs is 1. The van der Waals surface area contributed by atoms with E-state index in [1.165, 1.54) is 0 Å². The number of carbonyl (C=O) groups excluding carboxylic acids is 2. The summed E-state index contributed by atoms with van der Waals surface area (Å²) in [6.45, 7) is 2.44. The molecule has 2 amide bonds. The highest BCUT2D eigenvalue weighted by atomic mass is 16.5. The minimum absolute atomic E-state index is 0.169. The van der Waals surface area contributed by atoms with Crippen molar-refractivity contribution in [3.8, 4) is 5.75 Å². The van der Waals surface area contributed by atoms with Gasteiger partial charge in [-0.15, -0.1) is 0 Å². The number of rotatable bonds is 7. The predicted octanol–water partition coefficient (Wildman–Crippen LogP) is 3.99. The van der Waals surface area contributed by atoms with Crippen LogP contribution in [0.3, 0.4) is 0 Å². The van der Waals surface area contributed by atoms with Crippen LogP contribution in [0.4, 0.5) is 5.69 Å². The Balaban J connectivity index is 1.44. The molecule has 4 aromatic rings. The van der Waals surface area contributed by atoms with Gasteiger partial charge in [-0.2, -0.15) is 0 Å². The molecule has 0 saturated heterocycles. The van der Waals surface area contributed by atoms with Crippen molar-refractivity contribution in [1.29, 1.82) is 0 Å². The van der Waals surface area contributed by atoms with Gasteiger partial charge in [-0.05, 0) is 36.2 Å². The summed E-state index contributed by atoms with van der Waals surface area (Å²) in [5.74, 6) is 0.364. The number of carbonyl (C=O) groups is 2.